The van der Waals surface area contributed by atoms with Crippen molar-refractivity contribution >= 4 is 27.8 Å². The summed E-state index contributed by atoms with van der Waals surface area (Å²) in [6, 6.07) is 14.5. The molecule has 0 spiro atoms. The number of ether oxygens (including phenoxy) is 1. The molecule has 1 N–H and O–H groups in total. The first-order valence-electron chi connectivity index (χ1n) is 7.80. The van der Waals surface area contributed by atoms with E-state index in [0.29, 0.717) is 12.0 Å². The highest BCUT2D eigenvalue weighted by Crippen LogP contribution is 2.27. The molecule has 5 heteroatoms. The highest BCUT2D eigenvalue weighted by atomic mass is 79.9. The molecule has 0 aliphatic heterocycles. The first kappa shape index (κ1) is 18.2. The number of amides is 1. The molecule has 1 amide bonds. The van der Waals surface area contributed by atoms with Crippen molar-refractivity contribution in [1.29, 1.82) is 0 Å². The maximum absolute atomic E-state index is 12.7. The number of carbonyl (C=O) groups is 2. The second kappa shape index (κ2) is 8.64. The van der Waals surface area contributed by atoms with Gasteiger partial charge < -0.3 is 10.1 Å². The largest absolute Gasteiger partial charge is 0.467 e. The lowest BCUT2D eigenvalue weighted by atomic mass is 9.99. The van der Waals surface area contributed by atoms with Crippen LogP contribution in [0.3, 0.4) is 0 Å². The first-order valence-corrected chi connectivity index (χ1v) is 8.59. The maximum atomic E-state index is 12.7. The Morgan fingerprint density at radius 2 is 1.88 bits per heavy atom. The number of hydrogen-bond acceptors (Lipinski definition) is 3. The third-order valence-corrected chi connectivity index (χ3v) is 4.17. The molecule has 0 saturated carbocycles. The molecule has 0 bridgehead atoms. The van der Waals surface area contributed by atoms with Crippen LogP contribution in [0, 0.1) is 0 Å². The van der Waals surface area contributed by atoms with Crippen molar-refractivity contribution in [3.8, 4) is 11.1 Å². The van der Waals surface area contributed by atoms with Gasteiger partial charge in [-0.15, -0.1) is 0 Å². The zero-order valence-corrected chi connectivity index (χ0v) is 15.3. The molecule has 0 fully saturated rings. The summed E-state index contributed by atoms with van der Waals surface area (Å²) in [5, 5.41) is 2.79. The summed E-state index contributed by atoms with van der Waals surface area (Å²) in [5.41, 5.74) is 2.27. The quantitative estimate of drug-likeness (QED) is 0.753. The Hall–Kier alpha value is -2.14. The molecular weight excluding hydrogens is 370 g/mol. The molecule has 2 aromatic carbocycles. The van der Waals surface area contributed by atoms with E-state index in [9.17, 15) is 9.59 Å². The molecule has 1 atom stereocenters. The van der Waals surface area contributed by atoms with Crippen molar-refractivity contribution in [2.24, 2.45) is 0 Å². The van der Waals surface area contributed by atoms with E-state index < -0.39 is 12.0 Å². The van der Waals surface area contributed by atoms with Gasteiger partial charge >= 0.3 is 5.97 Å². The molecule has 126 valence electrons. The van der Waals surface area contributed by atoms with Crippen LogP contribution in [0.5, 0.6) is 0 Å². The van der Waals surface area contributed by atoms with Gasteiger partial charge in [0, 0.05) is 10.0 Å². The van der Waals surface area contributed by atoms with Crippen LogP contribution >= 0.6 is 15.9 Å². The van der Waals surface area contributed by atoms with Crippen molar-refractivity contribution in [2.45, 2.75) is 25.8 Å². The van der Waals surface area contributed by atoms with Gasteiger partial charge in [-0.25, -0.2) is 4.79 Å². The van der Waals surface area contributed by atoms with E-state index in [-0.39, 0.29) is 5.91 Å². The van der Waals surface area contributed by atoms with E-state index in [0.717, 1.165) is 22.0 Å². The number of nitrogens with one attached hydrogen (secondary N) is 1. The maximum Gasteiger partial charge on any atom is 0.328 e. The van der Waals surface area contributed by atoms with Crippen molar-refractivity contribution < 1.29 is 14.3 Å². The summed E-state index contributed by atoms with van der Waals surface area (Å²) in [7, 11) is 1.33. The zero-order valence-electron chi connectivity index (χ0n) is 13.7. The SMILES string of the molecule is CCC[C@@H](NC(=O)c1ccc(Br)cc1-c1ccccc1)C(=O)OC. The van der Waals surface area contributed by atoms with Crippen LogP contribution in [0.15, 0.2) is 53.0 Å². The van der Waals surface area contributed by atoms with Crippen LogP contribution < -0.4 is 5.32 Å². The summed E-state index contributed by atoms with van der Waals surface area (Å²) in [4.78, 5) is 24.6. The lowest BCUT2D eigenvalue weighted by Gasteiger charge is -2.17. The molecule has 0 radical (unpaired) electrons. The zero-order chi connectivity index (χ0) is 17.5. The number of methoxy groups -OCH3 is 1. The minimum Gasteiger partial charge on any atom is -0.467 e. The second-order valence-electron chi connectivity index (χ2n) is 5.39. The third kappa shape index (κ3) is 4.45. The number of benzene rings is 2. The predicted octanol–water partition coefficient (Wildman–Crippen LogP) is 4.19. The monoisotopic (exact) mass is 389 g/mol. The van der Waals surface area contributed by atoms with Crippen molar-refractivity contribution in [3.63, 3.8) is 0 Å². The van der Waals surface area contributed by atoms with Crippen LogP contribution in [0.2, 0.25) is 0 Å². The van der Waals surface area contributed by atoms with Gasteiger partial charge in [-0.3, -0.25) is 4.79 Å². The van der Waals surface area contributed by atoms with Gasteiger partial charge in [0.15, 0.2) is 0 Å². The van der Waals surface area contributed by atoms with Gasteiger partial charge in [-0.1, -0.05) is 59.6 Å². The highest BCUT2D eigenvalue weighted by molar-refractivity contribution is 9.10. The molecule has 2 rings (SSSR count). The fourth-order valence-corrected chi connectivity index (χ4v) is 2.85. The number of carbonyl (C=O) groups excluding carboxylic acids is 2. The molecule has 2 aromatic rings. The number of rotatable bonds is 6. The summed E-state index contributed by atoms with van der Waals surface area (Å²) < 4.78 is 5.66. The van der Waals surface area contributed by atoms with Crippen LogP contribution in [-0.2, 0) is 9.53 Å². The number of halogens is 1. The normalized spacial score (nSPS) is 11.6. The summed E-state index contributed by atoms with van der Waals surface area (Å²) in [6.07, 6.45) is 1.31. The van der Waals surface area contributed by atoms with Gasteiger partial charge in [0.2, 0.25) is 0 Å². The van der Waals surface area contributed by atoms with Crippen LogP contribution in [0.1, 0.15) is 30.1 Å². The molecular formula is C19H20BrNO3. The van der Waals surface area contributed by atoms with E-state index in [1.54, 1.807) is 6.07 Å². The summed E-state index contributed by atoms with van der Waals surface area (Å²) in [5.74, 6) is -0.714. The van der Waals surface area contributed by atoms with Crippen molar-refractivity contribution in [2.75, 3.05) is 7.11 Å². The Balaban J connectivity index is 2.34. The number of hydrogen-bond donors (Lipinski definition) is 1. The second-order valence-corrected chi connectivity index (χ2v) is 6.31. The van der Waals surface area contributed by atoms with E-state index in [2.05, 4.69) is 21.2 Å². The summed E-state index contributed by atoms with van der Waals surface area (Å²) >= 11 is 3.45. The molecule has 0 aliphatic rings. The standard InChI is InChI=1S/C19H20BrNO3/c1-3-7-17(19(23)24-2)21-18(22)15-11-10-14(20)12-16(15)13-8-5-4-6-9-13/h4-6,8-12,17H,3,7H2,1-2H3,(H,21,22)/t17-/m1/s1. The van der Waals surface area contributed by atoms with E-state index >= 15 is 0 Å². The van der Waals surface area contributed by atoms with Gasteiger partial charge in [-0.2, -0.15) is 0 Å². The molecule has 24 heavy (non-hydrogen) atoms. The summed E-state index contributed by atoms with van der Waals surface area (Å²) in [6.45, 7) is 1.96. The first-order chi connectivity index (χ1) is 11.6. The highest BCUT2D eigenvalue weighted by Gasteiger charge is 2.22. The van der Waals surface area contributed by atoms with Gasteiger partial charge in [0.05, 0.1) is 7.11 Å². The van der Waals surface area contributed by atoms with Crippen LogP contribution in [0.25, 0.3) is 11.1 Å². The molecule has 0 aromatic heterocycles. The fraction of sp³-hybridized carbons (Fsp3) is 0.263. The Bertz CT molecular complexity index is 716. The average Bonchev–Trinajstić information content (AvgIpc) is 2.61. The molecule has 0 aliphatic carbocycles. The Labute approximate surface area is 150 Å². The minimum absolute atomic E-state index is 0.287. The van der Waals surface area contributed by atoms with Crippen LogP contribution in [-0.4, -0.2) is 25.0 Å². The Kier molecular flexibility index (Phi) is 6.55. The van der Waals surface area contributed by atoms with E-state index in [1.165, 1.54) is 7.11 Å². The lowest BCUT2D eigenvalue weighted by Crippen LogP contribution is -2.41. The molecule has 0 unspecified atom stereocenters. The number of esters is 1. The van der Waals surface area contributed by atoms with E-state index in [1.807, 2.05) is 49.4 Å². The van der Waals surface area contributed by atoms with Gasteiger partial charge in [-0.05, 0) is 35.7 Å². The Morgan fingerprint density at radius 1 is 1.17 bits per heavy atom. The van der Waals surface area contributed by atoms with Crippen molar-refractivity contribution in [1.82, 2.24) is 5.32 Å². The lowest BCUT2D eigenvalue weighted by molar-refractivity contribution is -0.143. The smallest absolute Gasteiger partial charge is 0.328 e. The topological polar surface area (TPSA) is 55.4 Å². The Morgan fingerprint density at radius 3 is 2.50 bits per heavy atom. The van der Waals surface area contributed by atoms with Crippen LogP contribution in [0.4, 0.5) is 0 Å². The predicted molar refractivity (Wildman–Crippen MR) is 97.8 cm³/mol. The fourth-order valence-electron chi connectivity index (χ4n) is 2.49. The van der Waals surface area contributed by atoms with Crippen molar-refractivity contribution in [3.05, 3.63) is 58.6 Å². The molecule has 0 heterocycles. The van der Waals surface area contributed by atoms with E-state index in [4.69, 9.17) is 4.74 Å². The molecule has 4 nitrogen and oxygen atoms in total. The third-order valence-electron chi connectivity index (χ3n) is 3.68. The van der Waals surface area contributed by atoms with Gasteiger partial charge in [0.1, 0.15) is 6.04 Å². The average molecular weight is 390 g/mol. The minimum atomic E-state index is -0.639. The molecule has 0 saturated heterocycles. The van der Waals surface area contributed by atoms with Gasteiger partial charge in [0.25, 0.3) is 5.91 Å².